The summed E-state index contributed by atoms with van der Waals surface area (Å²) in [5.74, 6) is 1.43. The van der Waals surface area contributed by atoms with E-state index in [1.165, 1.54) is 19.3 Å². The monoisotopic (exact) mass is 370 g/mol. The van der Waals surface area contributed by atoms with Gasteiger partial charge in [0.05, 0.1) is 12.3 Å². The van der Waals surface area contributed by atoms with Gasteiger partial charge in [0.1, 0.15) is 23.2 Å². The molecule has 2 aromatic heterocycles. The summed E-state index contributed by atoms with van der Waals surface area (Å²) in [6.45, 7) is 2.50. The van der Waals surface area contributed by atoms with E-state index in [-0.39, 0.29) is 5.75 Å². The van der Waals surface area contributed by atoms with Gasteiger partial charge in [-0.2, -0.15) is 8.78 Å². The van der Waals surface area contributed by atoms with Crippen molar-refractivity contribution >= 4 is 11.8 Å². The van der Waals surface area contributed by atoms with Crippen LogP contribution in [-0.2, 0) is 31.7 Å². The highest BCUT2D eigenvalue weighted by molar-refractivity contribution is 7.98. The molecule has 8 heteroatoms. The Labute approximate surface area is 150 Å². The summed E-state index contributed by atoms with van der Waals surface area (Å²) in [7, 11) is 0. The van der Waals surface area contributed by atoms with Crippen LogP contribution >= 0.6 is 11.8 Å². The van der Waals surface area contributed by atoms with Crippen molar-refractivity contribution in [3.63, 3.8) is 0 Å². The van der Waals surface area contributed by atoms with Gasteiger partial charge in [-0.25, -0.2) is 0 Å². The molecule has 1 aliphatic heterocycles. The number of fused-ring (bicyclic) bond motifs is 1. The van der Waals surface area contributed by atoms with Gasteiger partial charge in [0.15, 0.2) is 0 Å². The molecule has 5 nitrogen and oxygen atoms in total. The highest BCUT2D eigenvalue weighted by atomic mass is 32.2. The lowest BCUT2D eigenvalue weighted by molar-refractivity contribution is 0.251. The maximum Gasteiger partial charge on any atom is 0.284 e. The maximum absolute atomic E-state index is 12.2. The first-order valence-electron chi connectivity index (χ1n) is 8.81. The molecule has 138 valence electrons. The highest BCUT2D eigenvalue weighted by Gasteiger charge is 2.14. The van der Waals surface area contributed by atoms with Crippen LogP contribution in [0.5, 0.6) is 0 Å². The Bertz CT molecular complexity index is 659. The van der Waals surface area contributed by atoms with Crippen LogP contribution < -0.4 is 5.32 Å². The minimum atomic E-state index is -2.36. The molecule has 0 radical (unpaired) electrons. The van der Waals surface area contributed by atoms with E-state index < -0.39 is 5.76 Å². The smallest absolute Gasteiger partial charge is 0.284 e. The molecule has 25 heavy (non-hydrogen) atoms. The summed E-state index contributed by atoms with van der Waals surface area (Å²) < 4.78 is 32.1. The third kappa shape index (κ3) is 5.54. The van der Waals surface area contributed by atoms with Crippen LogP contribution in [0.25, 0.3) is 0 Å². The molecular formula is C17H24F2N4OS. The second-order valence-corrected chi connectivity index (χ2v) is 7.19. The Kier molecular flexibility index (Phi) is 6.86. The standard InChI is InChI=1S/C17H24F2N4OS/c18-17(19)25-12-14-8-7-13(24-14)11-20-9-4-6-16-22-21-15-5-2-1-3-10-23(15)16/h7-8,17,20H,1-6,9-12H2. The van der Waals surface area contributed by atoms with Crippen LogP contribution in [0.4, 0.5) is 8.78 Å². The number of hydrogen-bond acceptors (Lipinski definition) is 5. The lowest BCUT2D eigenvalue weighted by Crippen LogP contribution is -2.16. The minimum absolute atomic E-state index is 0.204. The van der Waals surface area contributed by atoms with Crippen molar-refractivity contribution in [2.45, 2.75) is 63.1 Å². The molecule has 1 aliphatic rings. The zero-order valence-electron chi connectivity index (χ0n) is 14.2. The van der Waals surface area contributed by atoms with Crippen molar-refractivity contribution in [2.75, 3.05) is 6.54 Å². The molecule has 0 aliphatic carbocycles. The molecule has 0 bridgehead atoms. The normalized spacial score (nSPS) is 14.7. The molecule has 0 amide bonds. The summed E-state index contributed by atoms with van der Waals surface area (Å²) >= 11 is 0.578. The van der Waals surface area contributed by atoms with Gasteiger partial charge in [-0.1, -0.05) is 18.2 Å². The van der Waals surface area contributed by atoms with Crippen LogP contribution in [-0.4, -0.2) is 27.1 Å². The number of hydrogen-bond donors (Lipinski definition) is 1. The first kappa shape index (κ1) is 18.4. The Hall–Kier alpha value is -1.41. The molecule has 0 aromatic carbocycles. The minimum Gasteiger partial charge on any atom is -0.464 e. The summed E-state index contributed by atoms with van der Waals surface area (Å²) in [6, 6.07) is 3.60. The number of nitrogens with zero attached hydrogens (tertiary/aromatic N) is 3. The van der Waals surface area contributed by atoms with Gasteiger partial charge >= 0.3 is 0 Å². The fraction of sp³-hybridized carbons (Fsp3) is 0.647. The molecule has 0 unspecified atom stereocenters. The summed E-state index contributed by atoms with van der Waals surface area (Å²) in [5, 5.41) is 12.0. The van der Waals surface area contributed by atoms with E-state index >= 15 is 0 Å². The largest absolute Gasteiger partial charge is 0.464 e. The number of rotatable bonds is 9. The number of halogens is 2. The number of furan rings is 1. The summed E-state index contributed by atoms with van der Waals surface area (Å²) in [5.41, 5.74) is 0. The van der Waals surface area contributed by atoms with E-state index in [1.807, 2.05) is 6.07 Å². The van der Waals surface area contributed by atoms with E-state index in [2.05, 4.69) is 20.1 Å². The zero-order chi connectivity index (χ0) is 17.5. The van der Waals surface area contributed by atoms with Gasteiger partial charge in [-0.15, -0.1) is 10.2 Å². The molecule has 0 fully saturated rings. The van der Waals surface area contributed by atoms with Crippen LogP contribution in [0.3, 0.4) is 0 Å². The molecule has 0 saturated heterocycles. The van der Waals surface area contributed by atoms with Crippen molar-refractivity contribution in [1.29, 1.82) is 0 Å². The maximum atomic E-state index is 12.2. The lowest BCUT2D eigenvalue weighted by Gasteiger charge is -2.07. The molecule has 0 atom stereocenters. The van der Waals surface area contributed by atoms with E-state index in [0.717, 1.165) is 49.8 Å². The Morgan fingerprint density at radius 1 is 1.20 bits per heavy atom. The number of aromatic nitrogens is 3. The fourth-order valence-corrected chi connectivity index (χ4v) is 3.50. The summed E-state index contributed by atoms with van der Waals surface area (Å²) in [4.78, 5) is 0. The number of thioether (sulfide) groups is 1. The molecular weight excluding hydrogens is 346 g/mol. The van der Waals surface area contributed by atoms with Crippen molar-refractivity contribution in [1.82, 2.24) is 20.1 Å². The molecule has 2 aromatic rings. The van der Waals surface area contributed by atoms with Crippen LogP contribution in [0.2, 0.25) is 0 Å². The molecule has 1 N–H and O–H groups in total. The second-order valence-electron chi connectivity index (χ2n) is 6.21. The average molecular weight is 370 g/mol. The van der Waals surface area contributed by atoms with Gasteiger partial charge in [0.25, 0.3) is 5.76 Å². The first-order valence-corrected chi connectivity index (χ1v) is 9.86. The predicted octanol–water partition coefficient (Wildman–Crippen LogP) is 3.78. The van der Waals surface area contributed by atoms with Gasteiger partial charge in [-0.05, 0) is 37.9 Å². The van der Waals surface area contributed by atoms with Crippen molar-refractivity contribution in [3.05, 3.63) is 35.3 Å². The summed E-state index contributed by atoms with van der Waals surface area (Å²) in [6.07, 6.45) is 6.62. The van der Waals surface area contributed by atoms with Crippen LogP contribution in [0, 0.1) is 0 Å². The SMILES string of the molecule is FC(F)SCc1ccc(CNCCCc2nnc3n2CCCCC3)o1. The number of aryl methyl sites for hydroxylation is 2. The van der Waals surface area contributed by atoms with Gasteiger partial charge in [-0.3, -0.25) is 0 Å². The third-order valence-electron chi connectivity index (χ3n) is 4.31. The predicted molar refractivity (Wildman–Crippen MR) is 93.6 cm³/mol. The Morgan fingerprint density at radius 3 is 2.96 bits per heavy atom. The quantitative estimate of drug-likeness (QED) is 0.681. The second kappa shape index (κ2) is 9.33. The molecule has 0 spiro atoms. The van der Waals surface area contributed by atoms with E-state index in [0.29, 0.717) is 24.1 Å². The molecule has 3 rings (SSSR count). The number of nitrogens with one attached hydrogen (secondary N) is 1. The van der Waals surface area contributed by atoms with Crippen molar-refractivity contribution in [2.24, 2.45) is 0 Å². The van der Waals surface area contributed by atoms with Crippen molar-refractivity contribution in [3.8, 4) is 0 Å². The van der Waals surface area contributed by atoms with Crippen LogP contribution in [0.1, 0.15) is 48.9 Å². The van der Waals surface area contributed by atoms with E-state index in [9.17, 15) is 8.78 Å². The van der Waals surface area contributed by atoms with E-state index in [1.54, 1.807) is 6.07 Å². The van der Waals surface area contributed by atoms with Gasteiger partial charge in [0.2, 0.25) is 0 Å². The fourth-order valence-electron chi connectivity index (χ4n) is 3.05. The first-order chi connectivity index (χ1) is 12.2. The average Bonchev–Trinajstić information content (AvgIpc) is 3.13. The van der Waals surface area contributed by atoms with Crippen molar-refractivity contribution < 1.29 is 13.2 Å². The van der Waals surface area contributed by atoms with E-state index in [4.69, 9.17) is 4.42 Å². The Morgan fingerprint density at radius 2 is 2.08 bits per heavy atom. The van der Waals surface area contributed by atoms with Crippen LogP contribution in [0.15, 0.2) is 16.5 Å². The molecule has 0 saturated carbocycles. The zero-order valence-corrected chi connectivity index (χ0v) is 15.0. The highest BCUT2D eigenvalue weighted by Crippen LogP contribution is 2.21. The third-order valence-corrected chi connectivity index (χ3v) is 5.01. The number of alkyl halides is 2. The topological polar surface area (TPSA) is 55.9 Å². The van der Waals surface area contributed by atoms with Gasteiger partial charge in [0, 0.05) is 19.4 Å². The lowest BCUT2D eigenvalue weighted by atomic mass is 10.2. The van der Waals surface area contributed by atoms with Gasteiger partial charge < -0.3 is 14.3 Å². The molecule has 3 heterocycles. The Balaban J connectivity index is 1.36.